The summed E-state index contributed by atoms with van der Waals surface area (Å²) in [5.41, 5.74) is 8.85. The van der Waals surface area contributed by atoms with E-state index in [2.05, 4.69) is 45.3 Å². The highest BCUT2D eigenvalue weighted by Crippen LogP contribution is 2.36. The van der Waals surface area contributed by atoms with Crippen molar-refractivity contribution in [2.75, 3.05) is 24.2 Å². The first-order valence-corrected chi connectivity index (χ1v) is 14.6. The molecule has 226 valence electrons. The normalized spacial score (nSPS) is 14.0. The minimum atomic E-state index is -4.72. The molecule has 0 aliphatic heterocycles. The second-order valence-electron chi connectivity index (χ2n) is 11.1. The summed E-state index contributed by atoms with van der Waals surface area (Å²) in [5.74, 6) is -0.0845. The van der Waals surface area contributed by atoms with E-state index in [1.807, 2.05) is 37.4 Å². The molecule has 5 aromatic rings. The van der Waals surface area contributed by atoms with Crippen molar-refractivity contribution < 1.29 is 18.0 Å². The Morgan fingerprint density at radius 2 is 1.75 bits per heavy atom. The fourth-order valence-corrected chi connectivity index (χ4v) is 5.49. The van der Waals surface area contributed by atoms with Gasteiger partial charge in [-0.1, -0.05) is 54.6 Å². The molecular formula is C34H33F3N6O. The van der Waals surface area contributed by atoms with Crippen LogP contribution in [0.4, 0.5) is 24.5 Å². The van der Waals surface area contributed by atoms with Crippen molar-refractivity contribution in [3.63, 3.8) is 0 Å². The van der Waals surface area contributed by atoms with Gasteiger partial charge >= 0.3 is 6.18 Å². The molecule has 1 fully saturated rings. The lowest BCUT2D eigenvalue weighted by Crippen LogP contribution is -2.25. The van der Waals surface area contributed by atoms with Crippen molar-refractivity contribution in [3.8, 4) is 5.69 Å². The maximum atomic E-state index is 13.7. The largest absolute Gasteiger partial charge is 0.435 e. The molecule has 7 nitrogen and oxygen atoms in total. The van der Waals surface area contributed by atoms with Crippen molar-refractivity contribution in [3.05, 3.63) is 119 Å². The first kappa shape index (κ1) is 29.4. The number of carbonyl (C=O) groups excluding carboxylic acids is 1. The quantitative estimate of drug-likeness (QED) is 0.140. The molecule has 1 heterocycles. The molecule has 1 atom stereocenters. The third-order valence-corrected chi connectivity index (χ3v) is 7.95. The molecule has 1 aromatic heterocycles. The van der Waals surface area contributed by atoms with Crippen LogP contribution in [0.3, 0.4) is 0 Å². The summed E-state index contributed by atoms with van der Waals surface area (Å²) in [7, 11) is 1.90. The molecule has 1 saturated carbocycles. The van der Waals surface area contributed by atoms with Gasteiger partial charge in [0.15, 0.2) is 5.69 Å². The molecule has 0 radical (unpaired) electrons. The average Bonchev–Trinajstić information content (AvgIpc) is 3.74. The Kier molecular flexibility index (Phi) is 8.11. The predicted molar refractivity (Wildman–Crippen MR) is 167 cm³/mol. The van der Waals surface area contributed by atoms with E-state index in [-0.39, 0.29) is 18.3 Å². The molecule has 1 amide bonds. The minimum absolute atomic E-state index is 0.176. The fourth-order valence-electron chi connectivity index (χ4n) is 5.49. The van der Waals surface area contributed by atoms with Gasteiger partial charge in [-0.05, 0) is 77.7 Å². The Labute approximate surface area is 253 Å². The molecule has 1 aliphatic carbocycles. The van der Waals surface area contributed by atoms with Gasteiger partial charge in [0.05, 0.1) is 11.7 Å². The Hall–Kier alpha value is -4.67. The van der Waals surface area contributed by atoms with Crippen molar-refractivity contribution in [2.24, 2.45) is 11.7 Å². The molecule has 1 aliphatic rings. The molecule has 0 bridgehead atoms. The molecule has 0 saturated heterocycles. The number of nitrogens with two attached hydrogens (primary N) is 1. The molecule has 5 N–H and O–H groups in total. The number of fused-ring (bicyclic) bond motifs is 1. The lowest BCUT2D eigenvalue weighted by atomic mass is 9.92. The van der Waals surface area contributed by atoms with Crippen LogP contribution in [0.15, 0.2) is 91.0 Å². The smallest absolute Gasteiger partial charge is 0.388 e. The summed E-state index contributed by atoms with van der Waals surface area (Å²) in [6.07, 6.45) is -2.34. The average molecular weight is 599 g/mol. The standard InChI is InChI=1S/C34H33F3N6O/c1-39-29-15-14-28(26-10-2-3-11-27(26)29)32(40-20-21-12-13-21)23-7-5-8-24(17-23)41-33(44)30-18-31(34(35,36)37)42-43(30)25-9-4-6-22(16-25)19-38/h2-11,14-18,21,32,39-40H,12-13,19-20,38H2,1H3,(H,41,44). The lowest BCUT2D eigenvalue weighted by Gasteiger charge is -2.23. The van der Waals surface area contributed by atoms with Crippen LogP contribution >= 0.6 is 0 Å². The number of carbonyl (C=O) groups is 1. The molecule has 1 unspecified atom stereocenters. The summed E-state index contributed by atoms with van der Waals surface area (Å²) < 4.78 is 42.1. The van der Waals surface area contributed by atoms with Crippen LogP contribution in [0, 0.1) is 5.92 Å². The van der Waals surface area contributed by atoms with E-state index in [4.69, 9.17) is 5.73 Å². The van der Waals surface area contributed by atoms with Gasteiger partial charge in [-0.2, -0.15) is 18.3 Å². The van der Waals surface area contributed by atoms with Crippen LogP contribution in [-0.4, -0.2) is 29.3 Å². The van der Waals surface area contributed by atoms with Gasteiger partial charge in [-0.25, -0.2) is 4.68 Å². The third kappa shape index (κ3) is 6.17. The molecule has 44 heavy (non-hydrogen) atoms. The zero-order chi connectivity index (χ0) is 30.8. The number of rotatable bonds is 10. The number of halogens is 3. The van der Waals surface area contributed by atoms with Crippen LogP contribution in [0.2, 0.25) is 0 Å². The Balaban J connectivity index is 1.35. The fraction of sp³-hybridized carbons (Fsp3) is 0.235. The SMILES string of the molecule is CNc1ccc(C(NCC2CC2)c2cccc(NC(=O)c3cc(C(F)(F)F)nn3-c3cccc(CN)c3)c2)c2ccccc12. The molecule has 4 aromatic carbocycles. The van der Waals surface area contributed by atoms with Crippen LogP contribution in [-0.2, 0) is 12.7 Å². The van der Waals surface area contributed by atoms with Crippen molar-refractivity contribution in [1.82, 2.24) is 15.1 Å². The second kappa shape index (κ2) is 12.1. The van der Waals surface area contributed by atoms with Crippen LogP contribution < -0.4 is 21.7 Å². The maximum Gasteiger partial charge on any atom is 0.435 e. The highest BCUT2D eigenvalue weighted by molar-refractivity contribution is 6.03. The number of nitrogens with one attached hydrogen (secondary N) is 3. The van der Waals surface area contributed by atoms with Crippen LogP contribution in [0.1, 0.15) is 51.8 Å². The number of alkyl halides is 3. The Morgan fingerprint density at radius 3 is 2.48 bits per heavy atom. The van der Waals surface area contributed by atoms with E-state index in [0.29, 0.717) is 22.9 Å². The first-order valence-electron chi connectivity index (χ1n) is 14.6. The summed E-state index contributed by atoms with van der Waals surface area (Å²) in [6, 6.07) is 27.0. The summed E-state index contributed by atoms with van der Waals surface area (Å²) in [5, 5.41) is 15.8. The van der Waals surface area contributed by atoms with E-state index < -0.39 is 17.8 Å². The molecule has 6 rings (SSSR count). The Morgan fingerprint density at radius 1 is 0.977 bits per heavy atom. The van der Waals surface area contributed by atoms with E-state index in [0.717, 1.165) is 44.9 Å². The number of hydrogen-bond acceptors (Lipinski definition) is 5. The van der Waals surface area contributed by atoms with Crippen LogP contribution in [0.25, 0.3) is 16.5 Å². The van der Waals surface area contributed by atoms with Crippen LogP contribution in [0.5, 0.6) is 0 Å². The van der Waals surface area contributed by atoms with Gasteiger partial charge in [-0.3, -0.25) is 4.79 Å². The van der Waals surface area contributed by atoms with Gasteiger partial charge in [0.25, 0.3) is 5.91 Å². The zero-order valence-corrected chi connectivity index (χ0v) is 24.2. The van der Waals surface area contributed by atoms with Gasteiger partial charge in [0.1, 0.15) is 5.69 Å². The lowest BCUT2D eigenvalue weighted by molar-refractivity contribution is -0.141. The van der Waals surface area contributed by atoms with E-state index in [9.17, 15) is 18.0 Å². The van der Waals surface area contributed by atoms with Gasteiger partial charge < -0.3 is 21.7 Å². The summed E-state index contributed by atoms with van der Waals surface area (Å²) in [4.78, 5) is 13.5. The first-order chi connectivity index (χ1) is 21.2. The number of benzene rings is 4. The zero-order valence-electron chi connectivity index (χ0n) is 24.2. The second-order valence-corrected chi connectivity index (χ2v) is 11.1. The highest BCUT2D eigenvalue weighted by Gasteiger charge is 2.36. The predicted octanol–water partition coefficient (Wildman–Crippen LogP) is 6.89. The van der Waals surface area contributed by atoms with E-state index in [1.54, 1.807) is 30.3 Å². The number of aromatic nitrogens is 2. The summed E-state index contributed by atoms with van der Waals surface area (Å²) >= 11 is 0. The topological polar surface area (TPSA) is 97.0 Å². The van der Waals surface area contributed by atoms with E-state index in [1.165, 1.54) is 12.8 Å². The number of nitrogens with zero attached hydrogens (tertiary/aromatic N) is 2. The number of amides is 1. The number of hydrogen-bond donors (Lipinski definition) is 4. The maximum absolute atomic E-state index is 13.7. The minimum Gasteiger partial charge on any atom is -0.388 e. The summed E-state index contributed by atoms with van der Waals surface area (Å²) in [6.45, 7) is 1.04. The van der Waals surface area contributed by atoms with Crippen molar-refractivity contribution in [2.45, 2.75) is 31.6 Å². The monoisotopic (exact) mass is 598 g/mol. The Bertz CT molecular complexity index is 1810. The van der Waals surface area contributed by atoms with Gasteiger partial charge in [0, 0.05) is 36.4 Å². The third-order valence-electron chi connectivity index (χ3n) is 7.95. The van der Waals surface area contributed by atoms with Gasteiger partial charge in [0.2, 0.25) is 0 Å². The number of anilines is 2. The molecular weight excluding hydrogens is 565 g/mol. The van der Waals surface area contributed by atoms with E-state index >= 15 is 0 Å². The van der Waals surface area contributed by atoms with Gasteiger partial charge in [-0.15, -0.1) is 0 Å². The molecule has 0 spiro atoms. The highest BCUT2D eigenvalue weighted by atomic mass is 19.4. The molecule has 10 heteroatoms. The van der Waals surface area contributed by atoms with Crippen molar-refractivity contribution >= 4 is 28.1 Å². The van der Waals surface area contributed by atoms with Crippen molar-refractivity contribution in [1.29, 1.82) is 0 Å².